The average Bonchev–Trinajstić information content (AvgIpc) is 2.72. The Bertz CT molecular complexity index is 1220. The van der Waals surface area contributed by atoms with Gasteiger partial charge < -0.3 is 10.1 Å². The molecule has 3 rings (SSSR count). The topological polar surface area (TPSA) is 62.1 Å². The number of methoxy groups -OCH3 is 1. The highest BCUT2D eigenvalue weighted by Gasteiger charge is 2.14. The van der Waals surface area contributed by atoms with Crippen LogP contribution in [-0.4, -0.2) is 13.0 Å². The first-order valence-corrected chi connectivity index (χ1v) is 11.1. The van der Waals surface area contributed by atoms with Crippen molar-refractivity contribution in [2.24, 2.45) is 0 Å². The Labute approximate surface area is 201 Å². The molecule has 0 unspecified atom stereocenters. The van der Waals surface area contributed by atoms with Crippen LogP contribution in [0.25, 0.3) is 6.08 Å². The highest BCUT2D eigenvalue weighted by Crippen LogP contribution is 2.32. The fraction of sp³-hybridized carbons (Fsp3) is 0.154. The second-order valence-electron chi connectivity index (χ2n) is 7.49. The Morgan fingerprint density at radius 2 is 1.88 bits per heavy atom. The number of carbonyl (C=O) groups is 1. The standard InChI is InChI=1S/C26H22BrClN2O2/c1-16-7-17(2)9-18(8-16)11-23-24(27)12-19(13-25(23)32-3)10-20(15-29)26(31)30-22-6-4-5-21(28)14-22/h4-10,12-14H,11H2,1-3H3,(H,30,31)/b20-10+. The SMILES string of the molecule is COc1cc(/C=C(\C#N)C(=O)Nc2cccc(Cl)c2)cc(Br)c1Cc1cc(C)cc(C)c1. The van der Waals surface area contributed by atoms with Crippen LogP contribution >= 0.6 is 27.5 Å². The van der Waals surface area contributed by atoms with E-state index >= 15 is 0 Å². The third-order valence-electron chi connectivity index (χ3n) is 4.82. The summed E-state index contributed by atoms with van der Waals surface area (Å²) in [4.78, 5) is 12.6. The van der Waals surface area contributed by atoms with Crippen molar-refractivity contribution in [3.8, 4) is 11.8 Å². The minimum absolute atomic E-state index is 0.0269. The molecule has 0 saturated carbocycles. The second kappa shape index (κ2) is 10.5. The Morgan fingerprint density at radius 1 is 1.16 bits per heavy atom. The third-order valence-corrected chi connectivity index (χ3v) is 5.76. The van der Waals surface area contributed by atoms with Gasteiger partial charge >= 0.3 is 0 Å². The molecule has 0 saturated heterocycles. The number of ether oxygens (including phenoxy) is 1. The predicted octanol–water partition coefficient (Wildman–Crippen LogP) is 6.86. The molecule has 0 aliphatic carbocycles. The fourth-order valence-electron chi connectivity index (χ4n) is 3.52. The Kier molecular flexibility index (Phi) is 7.74. The summed E-state index contributed by atoms with van der Waals surface area (Å²) < 4.78 is 6.47. The van der Waals surface area contributed by atoms with Gasteiger partial charge in [-0.1, -0.05) is 62.9 Å². The summed E-state index contributed by atoms with van der Waals surface area (Å²) in [5, 5.41) is 12.7. The Balaban J connectivity index is 1.90. The van der Waals surface area contributed by atoms with Crippen LogP contribution in [0.1, 0.15) is 27.8 Å². The molecule has 1 N–H and O–H groups in total. The van der Waals surface area contributed by atoms with Crippen molar-refractivity contribution in [3.05, 3.63) is 97.5 Å². The molecule has 3 aromatic carbocycles. The van der Waals surface area contributed by atoms with Crippen LogP contribution in [0.5, 0.6) is 5.75 Å². The van der Waals surface area contributed by atoms with Crippen LogP contribution in [0.3, 0.4) is 0 Å². The highest BCUT2D eigenvalue weighted by atomic mass is 79.9. The quantitative estimate of drug-likeness (QED) is 0.291. The van der Waals surface area contributed by atoms with Crippen molar-refractivity contribution >= 4 is 45.2 Å². The molecule has 0 aliphatic rings. The number of nitrogens with zero attached hydrogens (tertiary/aromatic N) is 1. The number of benzene rings is 3. The van der Waals surface area contributed by atoms with Gasteiger partial charge in [0, 0.05) is 27.2 Å². The highest BCUT2D eigenvalue weighted by molar-refractivity contribution is 9.10. The monoisotopic (exact) mass is 508 g/mol. The average molecular weight is 510 g/mol. The molecule has 0 bridgehead atoms. The summed E-state index contributed by atoms with van der Waals surface area (Å²) >= 11 is 9.60. The number of hydrogen-bond acceptors (Lipinski definition) is 3. The number of nitriles is 1. The molecule has 162 valence electrons. The van der Waals surface area contributed by atoms with E-state index in [1.54, 1.807) is 31.4 Å². The van der Waals surface area contributed by atoms with Crippen molar-refractivity contribution < 1.29 is 9.53 Å². The smallest absolute Gasteiger partial charge is 0.266 e. The van der Waals surface area contributed by atoms with Gasteiger partial charge in [0.15, 0.2) is 0 Å². The normalized spacial score (nSPS) is 11.1. The molecule has 4 nitrogen and oxygen atoms in total. The largest absolute Gasteiger partial charge is 0.496 e. The molecule has 0 aliphatic heterocycles. The Hall–Kier alpha value is -3.07. The van der Waals surface area contributed by atoms with E-state index in [0.717, 1.165) is 10.0 Å². The number of aryl methyl sites for hydroxylation is 2. The minimum atomic E-state index is -0.510. The zero-order chi connectivity index (χ0) is 23.3. The lowest BCUT2D eigenvalue weighted by Gasteiger charge is -2.13. The van der Waals surface area contributed by atoms with Gasteiger partial charge in [-0.3, -0.25) is 4.79 Å². The van der Waals surface area contributed by atoms with E-state index in [-0.39, 0.29) is 5.57 Å². The summed E-state index contributed by atoms with van der Waals surface area (Å²) in [6, 6.07) is 18.9. The van der Waals surface area contributed by atoms with Gasteiger partial charge in [0.2, 0.25) is 0 Å². The number of nitrogens with one attached hydrogen (secondary N) is 1. The van der Waals surface area contributed by atoms with E-state index in [9.17, 15) is 10.1 Å². The molecule has 0 fully saturated rings. The number of amides is 1. The van der Waals surface area contributed by atoms with Crippen molar-refractivity contribution in [1.82, 2.24) is 0 Å². The lowest BCUT2D eigenvalue weighted by molar-refractivity contribution is -0.112. The van der Waals surface area contributed by atoms with Crippen molar-refractivity contribution in [2.45, 2.75) is 20.3 Å². The molecule has 3 aromatic rings. The summed E-state index contributed by atoms with van der Waals surface area (Å²) in [6.07, 6.45) is 2.23. The van der Waals surface area contributed by atoms with Gasteiger partial charge in [-0.2, -0.15) is 5.26 Å². The Morgan fingerprint density at radius 3 is 2.50 bits per heavy atom. The molecule has 6 heteroatoms. The van der Waals surface area contributed by atoms with Gasteiger partial charge in [-0.15, -0.1) is 0 Å². The second-order valence-corrected chi connectivity index (χ2v) is 8.78. The lowest BCUT2D eigenvalue weighted by atomic mass is 9.98. The lowest BCUT2D eigenvalue weighted by Crippen LogP contribution is -2.13. The van der Waals surface area contributed by atoms with Crippen molar-refractivity contribution in [3.63, 3.8) is 0 Å². The summed E-state index contributed by atoms with van der Waals surface area (Å²) in [7, 11) is 1.61. The first-order chi connectivity index (χ1) is 15.3. The van der Waals surface area contributed by atoms with Gasteiger partial charge in [-0.25, -0.2) is 0 Å². The minimum Gasteiger partial charge on any atom is -0.496 e. The van der Waals surface area contributed by atoms with Gasteiger partial charge in [0.1, 0.15) is 17.4 Å². The molecule has 0 heterocycles. The first-order valence-electron chi connectivity index (χ1n) is 9.91. The fourth-order valence-corrected chi connectivity index (χ4v) is 4.31. The van der Waals surface area contributed by atoms with Crippen molar-refractivity contribution in [2.75, 3.05) is 12.4 Å². The first kappa shape index (κ1) is 23.6. The van der Waals surface area contributed by atoms with Gasteiger partial charge in [0.05, 0.1) is 7.11 Å². The molecule has 0 atom stereocenters. The van der Waals surface area contributed by atoms with Crippen molar-refractivity contribution in [1.29, 1.82) is 5.26 Å². The third kappa shape index (κ3) is 6.00. The van der Waals surface area contributed by atoms with E-state index < -0.39 is 5.91 Å². The van der Waals surface area contributed by atoms with Gasteiger partial charge in [0.25, 0.3) is 5.91 Å². The number of hydrogen-bond donors (Lipinski definition) is 1. The molecule has 32 heavy (non-hydrogen) atoms. The molecule has 0 spiro atoms. The number of carbonyl (C=O) groups excluding carboxylic acids is 1. The molecule has 0 radical (unpaired) electrons. The van der Waals surface area contributed by atoms with Crippen LogP contribution in [0.4, 0.5) is 5.69 Å². The zero-order valence-electron chi connectivity index (χ0n) is 18.0. The van der Waals surface area contributed by atoms with Crippen LogP contribution in [0, 0.1) is 25.2 Å². The predicted molar refractivity (Wildman–Crippen MR) is 133 cm³/mol. The number of rotatable bonds is 6. The molecule has 1 amide bonds. The van der Waals surface area contributed by atoms with E-state index in [1.807, 2.05) is 18.2 Å². The summed E-state index contributed by atoms with van der Waals surface area (Å²) in [5.41, 5.74) is 5.76. The summed E-state index contributed by atoms with van der Waals surface area (Å²) in [6.45, 7) is 4.16. The van der Waals surface area contributed by atoms with Gasteiger partial charge in [-0.05, 0) is 61.4 Å². The number of halogens is 2. The van der Waals surface area contributed by atoms with E-state index in [0.29, 0.717) is 28.4 Å². The molecular formula is C26H22BrClN2O2. The number of anilines is 1. The maximum absolute atomic E-state index is 12.6. The maximum Gasteiger partial charge on any atom is 0.266 e. The zero-order valence-corrected chi connectivity index (χ0v) is 20.3. The maximum atomic E-state index is 12.6. The van der Waals surface area contributed by atoms with Crippen LogP contribution < -0.4 is 10.1 Å². The van der Waals surface area contributed by atoms with E-state index in [1.165, 1.54) is 22.8 Å². The van der Waals surface area contributed by atoms with E-state index in [4.69, 9.17) is 16.3 Å². The van der Waals surface area contributed by atoms with Crippen LogP contribution in [0.2, 0.25) is 5.02 Å². The molecular weight excluding hydrogens is 488 g/mol. The van der Waals surface area contributed by atoms with Crippen LogP contribution in [-0.2, 0) is 11.2 Å². The summed E-state index contributed by atoms with van der Waals surface area (Å²) in [5.74, 6) is 0.168. The van der Waals surface area contributed by atoms with Crippen LogP contribution in [0.15, 0.2) is 64.6 Å². The molecule has 0 aromatic heterocycles. The van der Waals surface area contributed by atoms with E-state index in [2.05, 4.69) is 53.3 Å².